The number of nitrogens with zero attached hydrogens (tertiary/aromatic N) is 2. The molecule has 0 radical (unpaired) electrons. The van der Waals surface area contributed by atoms with Crippen molar-refractivity contribution in [2.75, 3.05) is 7.11 Å². The van der Waals surface area contributed by atoms with Gasteiger partial charge in [-0.15, -0.1) is 5.11 Å². The monoisotopic (exact) mass is 320 g/mol. The molecule has 3 rings (SSSR count). The largest absolute Gasteiger partial charge is 0.497 e. The zero-order chi connectivity index (χ0) is 17.1. The third-order valence-electron chi connectivity index (χ3n) is 3.84. The number of hydrogen-bond donors (Lipinski definition) is 1. The molecule has 0 unspecified atom stereocenters. The molecule has 0 bridgehead atoms. The summed E-state index contributed by atoms with van der Waals surface area (Å²) in [6.07, 6.45) is 0. The topological polar surface area (TPSA) is 71.2 Å². The third kappa shape index (κ3) is 2.96. The van der Waals surface area contributed by atoms with Gasteiger partial charge in [-0.2, -0.15) is 5.11 Å². The van der Waals surface area contributed by atoms with Crippen LogP contribution in [0.1, 0.15) is 15.9 Å². The molecule has 120 valence electrons. The van der Waals surface area contributed by atoms with Crippen molar-refractivity contribution in [1.29, 1.82) is 0 Å². The highest BCUT2D eigenvalue weighted by atomic mass is 16.5. The predicted octanol–water partition coefficient (Wildman–Crippen LogP) is 5.27. The number of hydrogen-bond acceptors (Lipinski definition) is 4. The number of fused-ring (bicyclic) bond motifs is 1. The molecule has 0 aliphatic rings. The van der Waals surface area contributed by atoms with E-state index in [0.717, 1.165) is 22.1 Å². The van der Waals surface area contributed by atoms with Gasteiger partial charge in [0.25, 0.3) is 0 Å². The molecule has 0 fully saturated rings. The van der Waals surface area contributed by atoms with Gasteiger partial charge in [-0.05, 0) is 53.6 Å². The van der Waals surface area contributed by atoms with E-state index in [1.807, 2.05) is 31.2 Å². The first-order valence-electron chi connectivity index (χ1n) is 7.41. The minimum Gasteiger partial charge on any atom is -0.497 e. The molecule has 0 saturated carbocycles. The summed E-state index contributed by atoms with van der Waals surface area (Å²) < 4.78 is 5.10. The van der Waals surface area contributed by atoms with E-state index >= 15 is 0 Å². The average molecular weight is 320 g/mol. The number of rotatable bonds is 4. The van der Waals surface area contributed by atoms with E-state index in [0.29, 0.717) is 11.4 Å². The number of carbonyl (C=O) groups is 1. The summed E-state index contributed by atoms with van der Waals surface area (Å²) in [6.45, 7) is 1.86. The minimum atomic E-state index is -1.02. The van der Waals surface area contributed by atoms with Crippen LogP contribution in [0.3, 0.4) is 0 Å². The summed E-state index contributed by atoms with van der Waals surface area (Å²) >= 11 is 0. The summed E-state index contributed by atoms with van der Waals surface area (Å²) in [5.41, 5.74) is 1.93. The lowest BCUT2D eigenvalue weighted by molar-refractivity contribution is 0.0698. The van der Waals surface area contributed by atoms with Crippen molar-refractivity contribution < 1.29 is 14.6 Å². The van der Waals surface area contributed by atoms with Crippen molar-refractivity contribution in [1.82, 2.24) is 0 Å². The van der Waals surface area contributed by atoms with E-state index in [4.69, 9.17) is 4.74 Å². The molecule has 0 atom stereocenters. The van der Waals surface area contributed by atoms with E-state index in [2.05, 4.69) is 10.2 Å². The minimum absolute atomic E-state index is 0.142. The van der Waals surface area contributed by atoms with Crippen molar-refractivity contribution in [3.8, 4) is 5.75 Å². The van der Waals surface area contributed by atoms with Gasteiger partial charge in [-0.25, -0.2) is 4.79 Å². The Kier molecular flexibility index (Phi) is 4.24. The number of benzene rings is 3. The molecule has 0 aliphatic heterocycles. The molecule has 0 heterocycles. The first-order chi connectivity index (χ1) is 11.6. The van der Waals surface area contributed by atoms with Crippen LogP contribution in [0, 0.1) is 6.92 Å². The lowest BCUT2D eigenvalue weighted by Crippen LogP contribution is -1.98. The Morgan fingerprint density at radius 2 is 1.75 bits per heavy atom. The van der Waals surface area contributed by atoms with Gasteiger partial charge >= 0.3 is 5.97 Å². The van der Waals surface area contributed by atoms with Crippen LogP contribution in [0.2, 0.25) is 0 Å². The van der Waals surface area contributed by atoms with Gasteiger partial charge in [-0.1, -0.05) is 24.3 Å². The fourth-order valence-corrected chi connectivity index (χ4v) is 2.57. The predicted molar refractivity (Wildman–Crippen MR) is 92.8 cm³/mol. The van der Waals surface area contributed by atoms with Crippen LogP contribution in [0.5, 0.6) is 5.75 Å². The fourth-order valence-electron chi connectivity index (χ4n) is 2.57. The summed E-state index contributed by atoms with van der Waals surface area (Å²) in [4.78, 5) is 11.6. The molecule has 3 aromatic carbocycles. The van der Waals surface area contributed by atoms with E-state index in [9.17, 15) is 9.90 Å². The Hall–Kier alpha value is -3.21. The molecule has 1 N–H and O–H groups in total. The number of carboxylic acids is 1. The maximum Gasteiger partial charge on any atom is 0.337 e. The first kappa shape index (κ1) is 15.7. The van der Waals surface area contributed by atoms with Gasteiger partial charge in [-0.3, -0.25) is 0 Å². The highest BCUT2D eigenvalue weighted by Gasteiger charge is 2.15. The Morgan fingerprint density at radius 3 is 2.42 bits per heavy atom. The quantitative estimate of drug-likeness (QED) is 0.666. The van der Waals surface area contributed by atoms with E-state index in [1.165, 1.54) is 0 Å². The van der Waals surface area contributed by atoms with E-state index in [1.54, 1.807) is 37.4 Å². The number of carboxylic acid groups (broad SMARTS) is 1. The molecule has 24 heavy (non-hydrogen) atoms. The first-order valence-corrected chi connectivity index (χ1v) is 7.41. The van der Waals surface area contributed by atoms with Gasteiger partial charge in [0.05, 0.1) is 18.4 Å². The molecule has 0 amide bonds. The molecule has 5 heteroatoms. The molecule has 5 nitrogen and oxygen atoms in total. The van der Waals surface area contributed by atoms with E-state index < -0.39 is 5.97 Å². The van der Waals surface area contributed by atoms with Crippen LogP contribution in [0.15, 0.2) is 64.8 Å². The summed E-state index contributed by atoms with van der Waals surface area (Å²) in [7, 11) is 1.59. The van der Waals surface area contributed by atoms with Crippen molar-refractivity contribution in [3.05, 3.63) is 65.7 Å². The van der Waals surface area contributed by atoms with Crippen molar-refractivity contribution in [3.63, 3.8) is 0 Å². The standard InChI is InChI=1S/C19H16N2O3/c1-12-16-6-4-3-5-13(16)11-17(19(22)23)18(12)21-20-14-7-9-15(24-2)10-8-14/h3-11H,1-2H3,(H,22,23). The van der Waals surface area contributed by atoms with Crippen LogP contribution in [0.25, 0.3) is 10.8 Å². The molecule has 0 aliphatic carbocycles. The second-order valence-electron chi connectivity index (χ2n) is 5.32. The van der Waals surface area contributed by atoms with Gasteiger partial charge < -0.3 is 9.84 Å². The zero-order valence-corrected chi connectivity index (χ0v) is 13.4. The van der Waals surface area contributed by atoms with Crippen LogP contribution in [-0.4, -0.2) is 18.2 Å². The van der Waals surface area contributed by atoms with Gasteiger partial charge in [0.15, 0.2) is 0 Å². The zero-order valence-electron chi connectivity index (χ0n) is 13.4. The third-order valence-corrected chi connectivity index (χ3v) is 3.84. The second kappa shape index (κ2) is 6.50. The Morgan fingerprint density at radius 1 is 1.04 bits per heavy atom. The average Bonchev–Trinajstić information content (AvgIpc) is 2.61. The number of aryl methyl sites for hydroxylation is 1. The molecule has 0 aromatic heterocycles. The number of methoxy groups -OCH3 is 1. The molecular formula is C19H16N2O3. The fraction of sp³-hybridized carbons (Fsp3) is 0.105. The van der Waals surface area contributed by atoms with Gasteiger partial charge in [0.1, 0.15) is 11.4 Å². The normalized spacial score (nSPS) is 11.1. The Bertz CT molecular complexity index is 931. The highest BCUT2D eigenvalue weighted by molar-refractivity contribution is 6.02. The lowest BCUT2D eigenvalue weighted by atomic mass is 9.99. The maximum atomic E-state index is 11.6. The highest BCUT2D eigenvalue weighted by Crippen LogP contribution is 2.33. The molecular weight excluding hydrogens is 304 g/mol. The second-order valence-corrected chi connectivity index (χ2v) is 5.32. The molecule has 3 aromatic rings. The number of ether oxygens (including phenoxy) is 1. The van der Waals surface area contributed by atoms with Crippen LogP contribution >= 0.6 is 0 Å². The molecule has 0 spiro atoms. The number of azo groups is 1. The smallest absolute Gasteiger partial charge is 0.337 e. The van der Waals surface area contributed by atoms with Crippen molar-refractivity contribution in [2.24, 2.45) is 10.2 Å². The summed E-state index contributed by atoms with van der Waals surface area (Å²) in [5.74, 6) is -0.297. The Labute approximate surface area is 139 Å². The SMILES string of the molecule is COc1ccc(N=Nc2c(C(=O)O)cc3ccccc3c2C)cc1. The van der Waals surface area contributed by atoms with Gasteiger partial charge in [0.2, 0.25) is 0 Å². The molecule has 0 saturated heterocycles. The van der Waals surface area contributed by atoms with Crippen LogP contribution in [-0.2, 0) is 0 Å². The maximum absolute atomic E-state index is 11.6. The Balaban J connectivity index is 2.09. The van der Waals surface area contributed by atoms with Gasteiger partial charge in [0, 0.05) is 0 Å². The van der Waals surface area contributed by atoms with Crippen molar-refractivity contribution in [2.45, 2.75) is 6.92 Å². The summed E-state index contributed by atoms with van der Waals surface area (Å²) in [5, 5.41) is 19.7. The van der Waals surface area contributed by atoms with E-state index in [-0.39, 0.29) is 5.56 Å². The van der Waals surface area contributed by atoms with Crippen LogP contribution in [0.4, 0.5) is 11.4 Å². The summed E-state index contributed by atoms with van der Waals surface area (Å²) in [6, 6.07) is 16.3. The number of aromatic carboxylic acids is 1. The van der Waals surface area contributed by atoms with Crippen molar-refractivity contribution >= 4 is 28.1 Å². The lowest BCUT2D eigenvalue weighted by Gasteiger charge is -2.09. The van der Waals surface area contributed by atoms with Crippen LogP contribution < -0.4 is 4.74 Å².